The van der Waals surface area contributed by atoms with Gasteiger partial charge in [0, 0.05) is 19.5 Å². The summed E-state index contributed by atoms with van der Waals surface area (Å²) in [6.07, 6.45) is 0. The first-order valence-corrected chi connectivity index (χ1v) is 0.958. The number of hydrogen-bond donors (Lipinski definition) is 3. The minimum absolute atomic E-state index is 0. The van der Waals surface area contributed by atoms with E-state index in [4.69, 9.17) is 5.11 Å². The Labute approximate surface area is 43.3 Å². The molecule has 0 saturated heterocycles. The van der Waals surface area contributed by atoms with E-state index >= 15 is 0 Å². The standard InChI is InChI=1S/CH6N2O.Rh/c2-3-1-4;/h3-4H,1-2H2;. The van der Waals surface area contributed by atoms with E-state index in [1.54, 1.807) is 0 Å². The van der Waals surface area contributed by atoms with Gasteiger partial charge in [-0.2, -0.15) is 0 Å². The van der Waals surface area contributed by atoms with Crippen molar-refractivity contribution in [1.29, 1.82) is 0 Å². The van der Waals surface area contributed by atoms with Crippen LogP contribution in [0, 0.1) is 0 Å². The van der Waals surface area contributed by atoms with E-state index in [1.165, 1.54) is 0 Å². The van der Waals surface area contributed by atoms with Crippen LogP contribution in [0.3, 0.4) is 0 Å². The summed E-state index contributed by atoms with van der Waals surface area (Å²) in [5.41, 5.74) is 1.99. The van der Waals surface area contributed by atoms with Gasteiger partial charge >= 0.3 is 0 Å². The number of nitrogens with one attached hydrogen (secondary N) is 1. The third kappa shape index (κ3) is 12.5. The molecule has 4 N–H and O–H groups in total. The van der Waals surface area contributed by atoms with Gasteiger partial charge in [-0.3, -0.25) is 5.84 Å². The third-order valence-electron chi connectivity index (χ3n) is 0.0913. The fraction of sp³-hybridized carbons (Fsp3) is 1.00. The predicted molar refractivity (Wildman–Crippen MR) is 14.4 cm³/mol. The third-order valence-corrected chi connectivity index (χ3v) is 0.0913. The number of hydrogen-bond acceptors (Lipinski definition) is 3. The number of nitrogens with two attached hydrogens (primary N) is 1. The zero-order chi connectivity index (χ0) is 3.41. The smallest absolute Gasteiger partial charge is 0.105 e. The van der Waals surface area contributed by atoms with Crippen LogP contribution in [0.1, 0.15) is 0 Å². The van der Waals surface area contributed by atoms with Gasteiger partial charge in [0.2, 0.25) is 0 Å². The summed E-state index contributed by atoms with van der Waals surface area (Å²) in [5.74, 6) is 4.53. The molecule has 0 aliphatic carbocycles. The largest absolute Gasteiger partial charge is 0.380 e. The molecule has 0 aromatic heterocycles. The molecule has 0 unspecified atom stereocenters. The van der Waals surface area contributed by atoms with Crippen molar-refractivity contribution in [2.75, 3.05) is 6.73 Å². The molecule has 0 amide bonds. The molecule has 0 spiro atoms. The Bertz CT molecular complexity index is 11.6. The molecule has 35 valence electrons. The number of rotatable bonds is 1. The van der Waals surface area contributed by atoms with Crippen molar-refractivity contribution in [3.8, 4) is 0 Å². The average molecular weight is 165 g/mol. The monoisotopic (exact) mass is 165 g/mol. The van der Waals surface area contributed by atoms with Crippen molar-refractivity contribution in [2.24, 2.45) is 5.84 Å². The molecule has 0 aliphatic rings. The molecule has 5 heavy (non-hydrogen) atoms. The molecule has 1 radical (unpaired) electrons. The Morgan fingerprint density at radius 1 is 1.80 bits per heavy atom. The summed E-state index contributed by atoms with van der Waals surface area (Å²) in [6, 6.07) is 0. The van der Waals surface area contributed by atoms with Crippen molar-refractivity contribution >= 4 is 0 Å². The fourth-order valence-corrected chi connectivity index (χ4v) is 0. The maximum absolute atomic E-state index is 7.64. The van der Waals surface area contributed by atoms with E-state index in [1.807, 2.05) is 5.43 Å². The fourth-order valence-electron chi connectivity index (χ4n) is 0. The first kappa shape index (κ1) is 9.09. The van der Waals surface area contributed by atoms with Crippen LogP contribution < -0.4 is 11.3 Å². The van der Waals surface area contributed by atoms with Gasteiger partial charge in [-0.25, -0.2) is 5.43 Å². The van der Waals surface area contributed by atoms with E-state index in [0.29, 0.717) is 0 Å². The summed E-state index contributed by atoms with van der Waals surface area (Å²) in [6.45, 7) is -0.153. The second-order valence-electron chi connectivity index (χ2n) is 0.362. The van der Waals surface area contributed by atoms with E-state index < -0.39 is 0 Å². The first-order chi connectivity index (χ1) is 1.91. The van der Waals surface area contributed by atoms with Gasteiger partial charge in [0.15, 0.2) is 0 Å². The minimum Gasteiger partial charge on any atom is -0.380 e. The van der Waals surface area contributed by atoms with Crippen LogP contribution in [0.4, 0.5) is 0 Å². The number of aliphatic hydroxyl groups excluding tert-OH is 1. The Balaban J connectivity index is 0. The maximum atomic E-state index is 7.64. The van der Waals surface area contributed by atoms with Crippen LogP contribution in [0.5, 0.6) is 0 Å². The molecule has 0 aromatic carbocycles. The number of aliphatic hydroxyl groups is 1. The molecule has 3 nitrogen and oxygen atoms in total. The summed E-state index contributed by atoms with van der Waals surface area (Å²) >= 11 is 0. The Morgan fingerprint density at radius 2 is 2.00 bits per heavy atom. The molecule has 0 rings (SSSR count). The Morgan fingerprint density at radius 3 is 2.00 bits per heavy atom. The summed E-state index contributed by atoms with van der Waals surface area (Å²) in [5, 5.41) is 7.64. The van der Waals surface area contributed by atoms with Gasteiger partial charge in [0.1, 0.15) is 6.73 Å². The predicted octanol–water partition coefficient (Wildman–Crippen LogP) is -1.60. The number of hydrazine groups is 1. The van der Waals surface area contributed by atoms with Crippen molar-refractivity contribution in [3.63, 3.8) is 0 Å². The van der Waals surface area contributed by atoms with E-state index in [0.717, 1.165) is 0 Å². The van der Waals surface area contributed by atoms with Crippen LogP contribution >= 0.6 is 0 Å². The van der Waals surface area contributed by atoms with E-state index in [2.05, 4.69) is 5.84 Å². The van der Waals surface area contributed by atoms with Gasteiger partial charge in [0.25, 0.3) is 0 Å². The van der Waals surface area contributed by atoms with Gasteiger partial charge in [-0.1, -0.05) is 0 Å². The quantitative estimate of drug-likeness (QED) is 0.190. The molecule has 0 aromatic rings. The Hall–Kier alpha value is 0.503. The topological polar surface area (TPSA) is 58.3 Å². The van der Waals surface area contributed by atoms with E-state index in [-0.39, 0.29) is 26.2 Å². The van der Waals surface area contributed by atoms with Crippen LogP contribution in [0.15, 0.2) is 0 Å². The molecule has 0 aliphatic heterocycles. The molecule has 0 atom stereocenters. The van der Waals surface area contributed by atoms with Crippen LogP contribution in [-0.2, 0) is 19.5 Å². The summed E-state index contributed by atoms with van der Waals surface area (Å²) in [4.78, 5) is 0. The summed E-state index contributed by atoms with van der Waals surface area (Å²) < 4.78 is 0. The zero-order valence-corrected chi connectivity index (χ0v) is 4.20. The SMILES string of the molecule is NNCO.[Rh]. The molecule has 0 heterocycles. The van der Waals surface area contributed by atoms with Gasteiger partial charge < -0.3 is 5.11 Å². The molecule has 0 fully saturated rings. The maximum Gasteiger partial charge on any atom is 0.105 e. The van der Waals surface area contributed by atoms with Crippen molar-refractivity contribution in [1.82, 2.24) is 5.43 Å². The molecular formula is CH6N2ORh. The van der Waals surface area contributed by atoms with Crippen molar-refractivity contribution < 1.29 is 24.6 Å². The van der Waals surface area contributed by atoms with Crippen molar-refractivity contribution in [3.05, 3.63) is 0 Å². The Kier molecular flexibility index (Phi) is 16.0. The molecule has 0 saturated carbocycles. The minimum atomic E-state index is -0.153. The van der Waals surface area contributed by atoms with Crippen LogP contribution in [-0.4, -0.2) is 11.8 Å². The molecule has 4 heteroatoms. The molecular weight excluding hydrogens is 159 g/mol. The van der Waals surface area contributed by atoms with Gasteiger partial charge in [0.05, 0.1) is 0 Å². The summed E-state index contributed by atoms with van der Waals surface area (Å²) in [7, 11) is 0. The van der Waals surface area contributed by atoms with Gasteiger partial charge in [-0.15, -0.1) is 0 Å². The first-order valence-electron chi connectivity index (χ1n) is 0.958. The second kappa shape index (κ2) is 8.82. The molecule has 0 bridgehead atoms. The van der Waals surface area contributed by atoms with Crippen LogP contribution in [0.25, 0.3) is 0 Å². The normalized spacial score (nSPS) is 6.00. The zero-order valence-electron chi connectivity index (χ0n) is 2.57. The second-order valence-corrected chi connectivity index (χ2v) is 0.362. The average Bonchev–Trinajstić information content (AvgIpc) is 1.37. The van der Waals surface area contributed by atoms with Gasteiger partial charge in [-0.05, 0) is 0 Å². The van der Waals surface area contributed by atoms with Crippen LogP contribution in [0.2, 0.25) is 0 Å². The van der Waals surface area contributed by atoms with Crippen molar-refractivity contribution in [2.45, 2.75) is 0 Å². The van der Waals surface area contributed by atoms with E-state index in [9.17, 15) is 0 Å².